The summed E-state index contributed by atoms with van der Waals surface area (Å²) in [6.45, 7) is 6.15. The maximum atomic E-state index is 12.8. The van der Waals surface area contributed by atoms with Crippen molar-refractivity contribution in [2.45, 2.75) is 25.7 Å². The Morgan fingerprint density at radius 2 is 1.92 bits per heavy atom. The second kappa shape index (κ2) is 8.47. The molecule has 1 aromatic heterocycles. The van der Waals surface area contributed by atoms with Gasteiger partial charge in [0, 0.05) is 43.3 Å². The summed E-state index contributed by atoms with van der Waals surface area (Å²) in [5, 5.41) is 4.44. The van der Waals surface area contributed by atoms with E-state index in [1.165, 1.54) is 0 Å². The van der Waals surface area contributed by atoms with Crippen LogP contribution in [0.2, 0.25) is 0 Å². The molecule has 1 aromatic carbocycles. The van der Waals surface area contributed by atoms with Crippen molar-refractivity contribution in [1.82, 2.24) is 15.2 Å². The molecule has 1 aliphatic rings. The standard InChI is InChI=1S/C18H22F3N3OS/c1-13-23-11-16(26-13)10-22-12-17(24-6-8-25-9-7-24)14-2-4-15(5-3-14)18(19,20)21/h2-5,11,17,22H,6-10,12H2,1H3. The number of hydrogen-bond donors (Lipinski definition) is 1. The second-order valence-electron chi connectivity index (χ2n) is 6.26. The molecule has 0 spiro atoms. The van der Waals surface area contributed by atoms with Gasteiger partial charge in [0.1, 0.15) is 0 Å². The van der Waals surface area contributed by atoms with Crippen LogP contribution in [-0.2, 0) is 17.5 Å². The fourth-order valence-electron chi connectivity index (χ4n) is 3.06. The first-order valence-electron chi connectivity index (χ1n) is 8.54. The fraction of sp³-hybridized carbons (Fsp3) is 0.500. The molecule has 0 radical (unpaired) electrons. The molecule has 4 nitrogen and oxygen atoms in total. The number of rotatable bonds is 6. The molecule has 1 saturated heterocycles. The molecule has 3 rings (SSSR count). The number of morpholine rings is 1. The number of nitrogens with zero attached hydrogens (tertiary/aromatic N) is 2. The van der Waals surface area contributed by atoms with E-state index in [0.717, 1.165) is 40.7 Å². The number of halogens is 3. The largest absolute Gasteiger partial charge is 0.416 e. The van der Waals surface area contributed by atoms with Gasteiger partial charge in [-0.3, -0.25) is 4.90 Å². The van der Waals surface area contributed by atoms with E-state index in [9.17, 15) is 13.2 Å². The van der Waals surface area contributed by atoms with Gasteiger partial charge in [0.15, 0.2) is 0 Å². The molecule has 1 unspecified atom stereocenters. The molecule has 0 amide bonds. The summed E-state index contributed by atoms with van der Waals surface area (Å²) >= 11 is 1.64. The molecular formula is C18H22F3N3OS. The van der Waals surface area contributed by atoms with Crippen molar-refractivity contribution < 1.29 is 17.9 Å². The molecule has 2 aromatic rings. The summed E-state index contributed by atoms with van der Waals surface area (Å²) in [5.74, 6) is 0. The number of aromatic nitrogens is 1. The normalized spacial score (nSPS) is 17.4. The molecule has 1 fully saturated rings. The number of ether oxygens (including phenoxy) is 1. The highest BCUT2D eigenvalue weighted by molar-refractivity contribution is 7.11. The Hall–Kier alpha value is -1.48. The molecule has 8 heteroatoms. The smallest absolute Gasteiger partial charge is 0.379 e. The number of thiazole rings is 1. The van der Waals surface area contributed by atoms with Crippen LogP contribution in [0.1, 0.15) is 27.1 Å². The summed E-state index contributed by atoms with van der Waals surface area (Å²) in [4.78, 5) is 7.65. The van der Waals surface area contributed by atoms with Crippen molar-refractivity contribution in [1.29, 1.82) is 0 Å². The minimum Gasteiger partial charge on any atom is -0.379 e. The topological polar surface area (TPSA) is 37.4 Å². The average Bonchev–Trinajstić information content (AvgIpc) is 3.04. The Kier molecular flexibility index (Phi) is 6.29. The Balaban J connectivity index is 1.70. The van der Waals surface area contributed by atoms with Crippen LogP contribution in [0.25, 0.3) is 0 Å². The third-order valence-electron chi connectivity index (χ3n) is 4.42. The Morgan fingerprint density at radius 3 is 2.50 bits per heavy atom. The highest BCUT2D eigenvalue weighted by Gasteiger charge is 2.31. The molecule has 0 aliphatic carbocycles. The maximum Gasteiger partial charge on any atom is 0.416 e. The molecule has 26 heavy (non-hydrogen) atoms. The first kappa shape index (κ1) is 19.3. The van der Waals surface area contributed by atoms with E-state index >= 15 is 0 Å². The van der Waals surface area contributed by atoms with Gasteiger partial charge in [0.05, 0.1) is 23.8 Å². The minimum atomic E-state index is -4.31. The molecule has 1 atom stereocenters. The summed E-state index contributed by atoms with van der Waals surface area (Å²) in [6, 6.07) is 5.50. The molecular weight excluding hydrogens is 363 g/mol. The van der Waals surface area contributed by atoms with E-state index in [1.54, 1.807) is 23.5 Å². The summed E-state index contributed by atoms with van der Waals surface area (Å²) in [6.07, 6.45) is -2.45. The molecule has 1 aliphatic heterocycles. The van der Waals surface area contributed by atoms with Gasteiger partial charge in [0.2, 0.25) is 0 Å². The van der Waals surface area contributed by atoms with Gasteiger partial charge in [0.25, 0.3) is 0 Å². The lowest BCUT2D eigenvalue weighted by atomic mass is 10.0. The highest BCUT2D eigenvalue weighted by atomic mass is 32.1. The SMILES string of the molecule is Cc1ncc(CNCC(c2ccc(C(F)(F)F)cc2)N2CCOCC2)s1. The zero-order chi connectivity index (χ0) is 18.6. The van der Waals surface area contributed by atoms with Crippen molar-refractivity contribution in [3.63, 3.8) is 0 Å². The second-order valence-corrected chi connectivity index (χ2v) is 7.58. The van der Waals surface area contributed by atoms with Crippen molar-refractivity contribution in [2.24, 2.45) is 0 Å². The van der Waals surface area contributed by atoms with E-state index in [0.29, 0.717) is 26.3 Å². The van der Waals surface area contributed by atoms with E-state index < -0.39 is 11.7 Å². The first-order chi connectivity index (χ1) is 12.4. The van der Waals surface area contributed by atoms with Gasteiger partial charge < -0.3 is 10.1 Å². The lowest BCUT2D eigenvalue weighted by Gasteiger charge is -2.35. The third-order valence-corrected chi connectivity index (χ3v) is 5.33. The van der Waals surface area contributed by atoms with Crippen LogP contribution in [-0.4, -0.2) is 42.7 Å². The van der Waals surface area contributed by atoms with Crippen LogP contribution in [0.3, 0.4) is 0 Å². The van der Waals surface area contributed by atoms with Crippen LogP contribution in [0, 0.1) is 6.92 Å². The van der Waals surface area contributed by atoms with Gasteiger partial charge in [-0.25, -0.2) is 4.98 Å². The summed E-state index contributed by atoms with van der Waals surface area (Å²) in [7, 11) is 0. The van der Waals surface area contributed by atoms with Crippen LogP contribution < -0.4 is 5.32 Å². The highest BCUT2D eigenvalue weighted by Crippen LogP contribution is 2.31. The van der Waals surface area contributed by atoms with E-state index in [4.69, 9.17) is 4.74 Å². The predicted octanol–water partition coefficient (Wildman–Crippen LogP) is 3.63. The predicted molar refractivity (Wildman–Crippen MR) is 95.1 cm³/mol. The number of alkyl halides is 3. The maximum absolute atomic E-state index is 12.8. The van der Waals surface area contributed by atoms with Gasteiger partial charge in [-0.15, -0.1) is 11.3 Å². The minimum absolute atomic E-state index is 0.00945. The van der Waals surface area contributed by atoms with Crippen molar-refractivity contribution >= 4 is 11.3 Å². The average molecular weight is 385 g/mol. The van der Waals surface area contributed by atoms with Crippen LogP contribution in [0.5, 0.6) is 0 Å². The van der Waals surface area contributed by atoms with Crippen molar-refractivity contribution in [3.8, 4) is 0 Å². The Morgan fingerprint density at radius 1 is 1.23 bits per heavy atom. The van der Waals surface area contributed by atoms with Crippen molar-refractivity contribution in [3.05, 3.63) is 51.5 Å². The van der Waals surface area contributed by atoms with Crippen LogP contribution in [0.15, 0.2) is 30.5 Å². The number of aryl methyl sites for hydroxylation is 1. The van der Waals surface area contributed by atoms with Gasteiger partial charge in [-0.1, -0.05) is 12.1 Å². The van der Waals surface area contributed by atoms with E-state index in [1.807, 2.05) is 13.1 Å². The van der Waals surface area contributed by atoms with Gasteiger partial charge in [-0.05, 0) is 24.6 Å². The lowest BCUT2D eigenvalue weighted by Crippen LogP contribution is -2.42. The summed E-state index contributed by atoms with van der Waals surface area (Å²) in [5.41, 5.74) is 0.267. The fourth-order valence-corrected chi connectivity index (χ4v) is 3.82. The molecule has 142 valence electrons. The number of nitrogens with one attached hydrogen (secondary N) is 1. The first-order valence-corrected chi connectivity index (χ1v) is 9.36. The molecule has 1 N–H and O–H groups in total. The van der Waals surface area contributed by atoms with Crippen molar-refractivity contribution in [2.75, 3.05) is 32.8 Å². The summed E-state index contributed by atoms with van der Waals surface area (Å²) < 4.78 is 43.9. The van der Waals surface area contributed by atoms with Gasteiger partial charge in [-0.2, -0.15) is 13.2 Å². The number of benzene rings is 1. The Bertz CT molecular complexity index is 696. The quantitative estimate of drug-likeness (QED) is 0.824. The van der Waals surface area contributed by atoms with Crippen LogP contribution >= 0.6 is 11.3 Å². The lowest BCUT2D eigenvalue weighted by molar-refractivity contribution is -0.137. The van der Waals surface area contributed by atoms with E-state index in [-0.39, 0.29) is 6.04 Å². The zero-order valence-electron chi connectivity index (χ0n) is 14.6. The zero-order valence-corrected chi connectivity index (χ0v) is 15.4. The molecule has 0 bridgehead atoms. The Labute approximate surface area is 155 Å². The number of hydrogen-bond acceptors (Lipinski definition) is 5. The van der Waals surface area contributed by atoms with Gasteiger partial charge >= 0.3 is 6.18 Å². The van der Waals surface area contributed by atoms with E-state index in [2.05, 4.69) is 15.2 Å². The molecule has 2 heterocycles. The third kappa shape index (κ3) is 5.03. The monoisotopic (exact) mass is 385 g/mol. The molecule has 0 saturated carbocycles. The van der Waals surface area contributed by atoms with Crippen LogP contribution in [0.4, 0.5) is 13.2 Å².